The number of urea groups is 1. The van der Waals surface area contributed by atoms with E-state index in [1.54, 1.807) is 10.9 Å². The second-order valence-corrected chi connectivity index (χ2v) is 6.52. The number of rotatable bonds is 6. The number of nitrogens with zero attached hydrogens (tertiary/aromatic N) is 6. The highest BCUT2D eigenvalue weighted by Gasteiger charge is 2.15. The SMILES string of the molecule is CC(NC(=O)NCCCc1nnc2n1CCCCC2)c1nncn1C. The molecule has 0 spiro atoms. The van der Waals surface area contributed by atoms with Gasteiger partial charge in [0, 0.05) is 33.0 Å². The first kappa shape index (κ1) is 17.4. The minimum Gasteiger partial charge on any atom is -0.338 e. The van der Waals surface area contributed by atoms with Crippen molar-refractivity contribution in [2.75, 3.05) is 6.54 Å². The van der Waals surface area contributed by atoms with E-state index in [-0.39, 0.29) is 12.1 Å². The summed E-state index contributed by atoms with van der Waals surface area (Å²) in [6.45, 7) is 3.50. The molecule has 0 bridgehead atoms. The van der Waals surface area contributed by atoms with Crippen LogP contribution in [0.5, 0.6) is 0 Å². The van der Waals surface area contributed by atoms with E-state index in [1.807, 2.05) is 14.0 Å². The highest BCUT2D eigenvalue weighted by atomic mass is 16.2. The quantitative estimate of drug-likeness (QED) is 0.763. The maximum atomic E-state index is 12.0. The van der Waals surface area contributed by atoms with Gasteiger partial charge < -0.3 is 19.8 Å². The van der Waals surface area contributed by atoms with Crippen LogP contribution in [0.15, 0.2) is 6.33 Å². The zero-order chi connectivity index (χ0) is 17.6. The maximum absolute atomic E-state index is 12.0. The number of hydrogen-bond donors (Lipinski definition) is 2. The summed E-state index contributed by atoms with van der Waals surface area (Å²) >= 11 is 0. The Morgan fingerprint density at radius 1 is 1.28 bits per heavy atom. The van der Waals surface area contributed by atoms with Crippen LogP contribution in [-0.4, -0.2) is 42.1 Å². The van der Waals surface area contributed by atoms with Crippen LogP contribution in [0.2, 0.25) is 0 Å². The first-order chi connectivity index (χ1) is 12.1. The molecule has 2 aromatic heterocycles. The number of carbonyl (C=O) groups excluding carboxylic acids is 1. The Balaban J connectivity index is 1.41. The van der Waals surface area contributed by atoms with E-state index in [0.29, 0.717) is 6.54 Å². The Labute approximate surface area is 147 Å². The van der Waals surface area contributed by atoms with Crippen molar-refractivity contribution < 1.29 is 4.79 Å². The summed E-state index contributed by atoms with van der Waals surface area (Å²) in [5, 5.41) is 22.2. The number of amides is 2. The Bertz CT molecular complexity index is 707. The Kier molecular flexibility index (Phi) is 5.62. The van der Waals surface area contributed by atoms with Crippen molar-refractivity contribution in [2.24, 2.45) is 7.05 Å². The molecule has 9 nitrogen and oxygen atoms in total. The van der Waals surface area contributed by atoms with Gasteiger partial charge in [0.25, 0.3) is 0 Å². The molecule has 1 aliphatic rings. The molecule has 0 saturated carbocycles. The van der Waals surface area contributed by atoms with Crippen LogP contribution in [0.3, 0.4) is 0 Å². The highest BCUT2D eigenvalue weighted by molar-refractivity contribution is 5.74. The fourth-order valence-electron chi connectivity index (χ4n) is 3.18. The molecule has 3 rings (SSSR count). The number of fused-ring (bicyclic) bond motifs is 1. The third-order valence-electron chi connectivity index (χ3n) is 4.53. The Morgan fingerprint density at radius 3 is 2.96 bits per heavy atom. The van der Waals surface area contributed by atoms with Crippen LogP contribution in [0, 0.1) is 0 Å². The van der Waals surface area contributed by atoms with E-state index >= 15 is 0 Å². The van der Waals surface area contributed by atoms with Gasteiger partial charge in [-0.25, -0.2) is 4.79 Å². The summed E-state index contributed by atoms with van der Waals surface area (Å²) in [7, 11) is 1.85. The van der Waals surface area contributed by atoms with Gasteiger partial charge in [-0.2, -0.15) is 0 Å². The van der Waals surface area contributed by atoms with Gasteiger partial charge in [0.2, 0.25) is 0 Å². The van der Waals surface area contributed by atoms with Crippen LogP contribution < -0.4 is 10.6 Å². The summed E-state index contributed by atoms with van der Waals surface area (Å²) in [6, 6.07) is -0.393. The van der Waals surface area contributed by atoms with E-state index in [9.17, 15) is 4.79 Å². The standard InChI is InChI=1S/C16H26N8O/c1-12(15-22-18-11-23(15)2)19-16(25)17-9-6-8-14-21-20-13-7-4-3-5-10-24(13)14/h11-12H,3-10H2,1-2H3,(H2,17,19,25). The molecule has 0 fully saturated rings. The van der Waals surface area contributed by atoms with Crippen LogP contribution in [0.25, 0.3) is 0 Å². The van der Waals surface area contributed by atoms with Crippen LogP contribution >= 0.6 is 0 Å². The molecule has 9 heteroatoms. The van der Waals surface area contributed by atoms with Crippen molar-refractivity contribution in [3.63, 3.8) is 0 Å². The van der Waals surface area contributed by atoms with E-state index in [0.717, 1.165) is 43.3 Å². The molecule has 1 unspecified atom stereocenters. The lowest BCUT2D eigenvalue weighted by Gasteiger charge is -2.13. The van der Waals surface area contributed by atoms with Crippen molar-refractivity contribution in [2.45, 2.75) is 58.0 Å². The van der Waals surface area contributed by atoms with Crippen LogP contribution in [-0.2, 0) is 26.4 Å². The fraction of sp³-hybridized carbons (Fsp3) is 0.688. The third-order valence-corrected chi connectivity index (χ3v) is 4.53. The van der Waals surface area contributed by atoms with Gasteiger partial charge in [-0.3, -0.25) is 0 Å². The third kappa shape index (κ3) is 4.34. The lowest BCUT2D eigenvalue weighted by Crippen LogP contribution is -2.38. The topological polar surface area (TPSA) is 103 Å². The molecule has 0 aliphatic carbocycles. The van der Waals surface area contributed by atoms with Gasteiger partial charge in [-0.15, -0.1) is 20.4 Å². The molecular weight excluding hydrogens is 320 g/mol. The number of carbonyl (C=O) groups is 1. The first-order valence-electron chi connectivity index (χ1n) is 8.94. The van der Waals surface area contributed by atoms with Gasteiger partial charge in [0.1, 0.15) is 18.0 Å². The molecule has 136 valence electrons. The second-order valence-electron chi connectivity index (χ2n) is 6.52. The number of aryl methyl sites for hydroxylation is 3. The van der Waals surface area contributed by atoms with Gasteiger partial charge in [0.05, 0.1) is 6.04 Å². The van der Waals surface area contributed by atoms with Crippen molar-refractivity contribution in [3.05, 3.63) is 23.8 Å². The van der Waals surface area contributed by atoms with Gasteiger partial charge in [-0.05, 0) is 26.2 Å². The predicted octanol–water partition coefficient (Wildman–Crippen LogP) is 1.13. The molecule has 3 heterocycles. The fourth-order valence-corrected chi connectivity index (χ4v) is 3.18. The minimum atomic E-state index is -0.199. The summed E-state index contributed by atoms with van der Waals surface area (Å²) in [4.78, 5) is 12.0. The van der Waals surface area contributed by atoms with E-state index < -0.39 is 0 Å². The van der Waals surface area contributed by atoms with Crippen molar-refractivity contribution in [1.29, 1.82) is 0 Å². The van der Waals surface area contributed by atoms with Crippen LogP contribution in [0.4, 0.5) is 4.79 Å². The van der Waals surface area contributed by atoms with Gasteiger partial charge in [-0.1, -0.05) is 6.42 Å². The smallest absolute Gasteiger partial charge is 0.315 e. The average Bonchev–Trinajstić information content (AvgIpc) is 3.10. The molecule has 0 saturated heterocycles. The van der Waals surface area contributed by atoms with Crippen molar-refractivity contribution >= 4 is 6.03 Å². The Morgan fingerprint density at radius 2 is 2.16 bits per heavy atom. The van der Waals surface area contributed by atoms with Crippen molar-refractivity contribution in [3.8, 4) is 0 Å². The lowest BCUT2D eigenvalue weighted by molar-refractivity contribution is 0.237. The highest BCUT2D eigenvalue weighted by Crippen LogP contribution is 2.15. The average molecular weight is 346 g/mol. The maximum Gasteiger partial charge on any atom is 0.315 e. The minimum absolute atomic E-state index is 0.195. The molecular formula is C16H26N8O. The molecule has 0 radical (unpaired) electrons. The number of hydrogen-bond acceptors (Lipinski definition) is 5. The molecule has 2 N–H and O–H groups in total. The Hall–Kier alpha value is -2.45. The zero-order valence-corrected chi connectivity index (χ0v) is 14.9. The lowest BCUT2D eigenvalue weighted by atomic mass is 10.2. The van der Waals surface area contributed by atoms with E-state index in [1.165, 1.54) is 19.3 Å². The summed E-state index contributed by atoms with van der Waals surface area (Å²) in [5.74, 6) is 2.86. The summed E-state index contributed by atoms with van der Waals surface area (Å²) in [5.41, 5.74) is 0. The van der Waals surface area contributed by atoms with E-state index in [2.05, 4.69) is 35.6 Å². The second kappa shape index (κ2) is 8.09. The first-order valence-corrected chi connectivity index (χ1v) is 8.94. The van der Waals surface area contributed by atoms with Gasteiger partial charge in [0.15, 0.2) is 5.82 Å². The van der Waals surface area contributed by atoms with Crippen LogP contribution in [0.1, 0.15) is 56.1 Å². The normalized spacial score (nSPS) is 15.3. The monoisotopic (exact) mass is 346 g/mol. The number of aromatic nitrogens is 6. The molecule has 25 heavy (non-hydrogen) atoms. The predicted molar refractivity (Wildman–Crippen MR) is 91.9 cm³/mol. The van der Waals surface area contributed by atoms with Gasteiger partial charge >= 0.3 is 6.03 Å². The van der Waals surface area contributed by atoms with Crippen molar-refractivity contribution in [1.82, 2.24) is 40.2 Å². The zero-order valence-electron chi connectivity index (χ0n) is 14.9. The molecule has 1 atom stereocenters. The molecule has 2 amide bonds. The number of nitrogens with one attached hydrogen (secondary N) is 2. The summed E-state index contributed by atoms with van der Waals surface area (Å²) in [6.07, 6.45) is 7.95. The molecule has 1 aliphatic heterocycles. The molecule has 0 aromatic carbocycles. The van der Waals surface area contributed by atoms with E-state index in [4.69, 9.17) is 0 Å². The largest absolute Gasteiger partial charge is 0.338 e. The molecule has 2 aromatic rings. The summed E-state index contributed by atoms with van der Waals surface area (Å²) < 4.78 is 4.05.